The van der Waals surface area contributed by atoms with Crippen LogP contribution in [0.5, 0.6) is 0 Å². The predicted molar refractivity (Wildman–Crippen MR) is 66.6 cm³/mol. The SMILES string of the molecule is C=CCCCCC(CCC)CCCC. The van der Waals surface area contributed by atoms with E-state index in [9.17, 15) is 0 Å². The van der Waals surface area contributed by atoms with Gasteiger partial charge >= 0.3 is 0 Å². The van der Waals surface area contributed by atoms with Crippen LogP contribution in [0.15, 0.2) is 12.7 Å². The van der Waals surface area contributed by atoms with E-state index >= 15 is 0 Å². The Balaban J connectivity index is 3.45. The largest absolute Gasteiger partial charge is 0.103 e. The van der Waals surface area contributed by atoms with Crippen molar-refractivity contribution < 1.29 is 0 Å². The second-order valence-electron chi connectivity index (χ2n) is 4.37. The van der Waals surface area contributed by atoms with E-state index in [2.05, 4.69) is 20.4 Å². The molecule has 0 aliphatic carbocycles. The van der Waals surface area contributed by atoms with Gasteiger partial charge in [-0.2, -0.15) is 0 Å². The lowest BCUT2D eigenvalue weighted by atomic mass is 9.91. The molecule has 0 aliphatic rings. The summed E-state index contributed by atoms with van der Waals surface area (Å²) in [5, 5.41) is 0. The number of hydrogen-bond acceptors (Lipinski definition) is 0. The van der Waals surface area contributed by atoms with Gasteiger partial charge in [0.05, 0.1) is 0 Å². The first kappa shape index (κ1) is 13.7. The number of rotatable bonds is 10. The molecule has 0 heteroatoms. The van der Waals surface area contributed by atoms with Crippen molar-refractivity contribution in [1.82, 2.24) is 0 Å². The quantitative estimate of drug-likeness (QED) is 0.327. The molecule has 0 aliphatic heterocycles. The summed E-state index contributed by atoms with van der Waals surface area (Å²) in [5.41, 5.74) is 0. The van der Waals surface area contributed by atoms with Gasteiger partial charge in [0.15, 0.2) is 0 Å². The maximum Gasteiger partial charge on any atom is -0.0353 e. The van der Waals surface area contributed by atoms with E-state index in [0.717, 1.165) is 5.92 Å². The van der Waals surface area contributed by atoms with Crippen molar-refractivity contribution in [2.75, 3.05) is 0 Å². The Hall–Kier alpha value is -0.260. The highest BCUT2D eigenvalue weighted by Crippen LogP contribution is 2.21. The molecule has 0 aromatic rings. The molecule has 0 spiro atoms. The summed E-state index contributed by atoms with van der Waals surface area (Å²) in [5.74, 6) is 1.00. The predicted octanol–water partition coefficient (Wildman–Crippen LogP) is 5.34. The van der Waals surface area contributed by atoms with E-state index in [-0.39, 0.29) is 0 Å². The van der Waals surface area contributed by atoms with Crippen LogP contribution in [-0.2, 0) is 0 Å². The van der Waals surface area contributed by atoms with E-state index in [0.29, 0.717) is 0 Å². The minimum atomic E-state index is 1.00. The molecule has 1 atom stereocenters. The van der Waals surface area contributed by atoms with Gasteiger partial charge in [0.1, 0.15) is 0 Å². The molecule has 0 radical (unpaired) electrons. The zero-order valence-electron chi connectivity index (χ0n) is 10.2. The number of hydrogen-bond donors (Lipinski definition) is 0. The smallest absolute Gasteiger partial charge is 0.0353 e. The van der Waals surface area contributed by atoms with Gasteiger partial charge in [-0.05, 0) is 18.8 Å². The first-order valence-corrected chi connectivity index (χ1v) is 6.46. The van der Waals surface area contributed by atoms with Crippen molar-refractivity contribution in [2.45, 2.75) is 71.6 Å². The van der Waals surface area contributed by atoms with Crippen LogP contribution in [0.25, 0.3) is 0 Å². The summed E-state index contributed by atoms with van der Waals surface area (Å²) < 4.78 is 0. The Labute approximate surface area is 90.8 Å². The van der Waals surface area contributed by atoms with E-state index in [1.807, 2.05) is 6.08 Å². The van der Waals surface area contributed by atoms with Gasteiger partial charge < -0.3 is 0 Å². The number of unbranched alkanes of at least 4 members (excludes halogenated alkanes) is 3. The molecule has 0 fully saturated rings. The third-order valence-electron chi connectivity index (χ3n) is 2.93. The van der Waals surface area contributed by atoms with Crippen LogP contribution < -0.4 is 0 Å². The highest BCUT2D eigenvalue weighted by molar-refractivity contribution is 4.67. The second-order valence-corrected chi connectivity index (χ2v) is 4.37. The highest BCUT2D eigenvalue weighted by Gasteiger charge is 2.06. The summed E-state index contributed by atoms with van der Waals surface area (Å²) in [6, 6.07) is 0. The molecule has 1 unspecified atom stereocenters. The van der Waals surface area contributed by atoms with Gasteiger partial charge in [0.2, 0.25) is 0 Å². The summed E-state index contributed by atoms with van der Waals surface area (Å²) in [4.78, 5) is 0. The van der Waals surface area contributed by atoms with Gasteiger partial charge in [-0.3, -0.25) is 0 Å². The van der Waals surface area contributed by atoms with Gasteiger partial charge in [0, 0.05) is 0 Å². The Kier molecular flexibility index (Phi) is 10.6. The Morgan fingerprint density at radius 2 is 1.64 bits per heavy atom. The average Bonchev–Trinajstić information content (AvgIpc) is 2.20. The van der Waals surface area contributed by atoms with Gasteiger partial charge in [0.25, 0.3) is 0 Å². The van der Waals surface area contributed by atoms with Gasteiger partial charge in [-0.1, -0.05) is 64.9 Å². The van der Waals surface area contributed by atoms with Crippen molar-refractivity contribution in [2.24, 2.45) is 5.92 Å². The molecule has 0 N–H and O–H groups in total. The van der Waals surface area contributed by atoms with Crippen LogP contribution in [0.1, 0.15) is 71.6 Å². The molecule has 0 saturated carbocycles. The summed E-state index contributed by atoms with van der Waals surface area (Å²) in [6.07, 6.45) is 14.5. The maximum atomic E-state index is 3.76. The van der Waals surface area contributed by atoms with Gasteiger partial charge in [-0.15, -0.1) is 6.58 Å². The minimum Gasteiger partial charge on any atom is -0.103 e. The molecule has 0 nitrogen and oxygen atoms in total. The van der Waals surface area contributed by atoms with E-state index in [4.69, 9.17) is 0 Å². The normalized spacial score (nSPS) is 12.7. The minimum absolute atomic E-state index is 1.00. The molecule has 0 amide bonds. The highest BCUT2D eigenvalue weighted by atomic mass is 14.1. The first-order valence-electron chi connectivity index (χ1n) is 6.46. The van der Waals surface area contributed by atoms with Gasteiger partial charge in [-0.25, -0.2) is 0 Å². The molecule has 0 aromatic carbocycles. The fourth-order valence-electron chi connectivity index (χ4n) is 2.06. The fraction of sp³-hybridized carbons (Fsp3) is 0.857. The summed E-state index contributed by atoms with van der Waals surface area (Å²) >= 11 is 0. The maximum absolute atomic E-state index is 3.76. The Bertz CT molecular complexity index is 115. The fourth-order valence-corrected chi connectivity index (χ4v) is 2.06. The number of allylic oxidation sites excluding steroid dienone is 1. The van der Waals surface area contributed by atoms with Crippen molar-refractivity contribution >= 4 is 0 Å². The topological polar surface area (TPSA) is 0 Å². The van der Waals surface area contributed by atoms with E-state index in [1.165, 1.54) is 57.8 Å². The molecule has 0 heterocycles. The van der Waals surface area contributed by atoms with Crippen LogP contribution in [0, 0.1) is 5.92 Å². The molecular weight excluding hydrogens is 168 g/mol. The van der Waals surface area contributed by atoms with Crippen LogP contribution >= 0.6 is 0 Å². The van der Waals surface area contributed by atoms with E-state index in [1.54, 1.807) is 0 Å². The molecular formula is C14H28. The third-order valence-corrected chi connectivity index (χ3v) is 2.93. The summed E-state index contributed by atoms with van der Waals surface area (Å²) in [7, 11) is 0. The zero-order valence-corrected chi connectivity index (χ0v) is 10.2. The van der Waals surface area contributed by atoms with Crippen molar-refractivity contribution in [3.8, 4) is 0 Å². The molecule has 84 valence electrons. The summed E-state index contributed by atoms with van der Waals surface area (Å²) in [6.45, 7) is 8.36. The Morgan fingerprint density at radius 3 is 2.21 bits per heavy atom. The van der Waals surface area contributed by atoms with Crippen LogP contribution in [0.3, 0.4) is 0 Å². The zero-order chi connectivity index (χ0) is 10.6. The first-order chi connectivity index (χ1) is 6.85. The second kappa shape index (κ2) is 10.8. The van der Waals surface area contributed by atoms with Crippen molar-refractivity contribution in [3.63, 3.8) is 0 Å². The lowest BCUT2D eigenvalue weighted by Gasteiger charge is -2.15. The monoisotopic (exact) mass is 196 g/mol. The molecule has 0 aromatic heterocycles. The van der Waals surface area contributed by atoms with Crippen molar-refractivity contribution in [1.29, 1.82) is 0 Å². The molecule has 0 rings (SSSR count). The van der Waals surface area contributed by atoms with Crippen LogP contribution in [0.4, 0.5) is 0 Å². The lowest BCUT2D eigenvalue weighted by Crippen LogP contribution is -2.00. The van der Waals surface area contributed by atoms with Crippen LogP contribution in [0.2, 0.25) is 0 Å². The Morgan fingerprint density at radius 1 is 0.929 bits per heavy atom. The molecule has 14 heavy (non-hydrogen) atoms. The standard InChI is InChI=1S/C14H28/c1-4-7-9-10-13-14(11-6-3)12-8-5-2/h4,14H,1,5-13H2,2-3H3. The van der Waals surface area contributed by atoms with E-state index < -0.39 is 0 Å². The molecule has 0 bridgehead atoms. The molecule has 0 saturated heterocycles. The lowest BCUT2D eigenvalue weighted by molar-refractivity contribution is 0.388. The van der Waals surface area contributed by atoms with Crippen LogP contribution in [-0.4, -0.2) is 0 Å². The van der Waals surface area contributed by atoms with Crippen molar-refractivity contribution in [3.05, 3.63) is 12.7 Å². The average molecular weight is 196 g/mol. The third kappa shape index (κ3) is 8.34.